The Bertz CT molecular complexity index is 480. The lowest BCUT2D eigenvalue weighted by Crippen LogP contribution is -2.52. The van der Waals surface area contributed by atoms with Crippen LogP contribution in [-0.4, -0.2) is 24.0 Å². The van der Waals surface area contributed by atoms with Crippen molar-refractivity contribution in [2.45, 2.75) is 25.0 Å². The molecule has 0 aromatic heterocycles. The lowest BCUT2D eigenvalue weighted by molar-refractivity contribution is -0.146. The van der Waals surface area contributed by atoms with Gasteiger partial charge >= 0.3 is 0 Å². The summed E-state index contributed by atoms with van der Waals surface area (Å²) in [5.74, 6) is -0.462. The molecule has 0 spiro atoms. The molecular formula is C12H10INO3. The van der Waals surface area contributed by atoms with Crippen molar-refractivity contribution in [3.8, 4) is 0 Å². The summed E-state index contributed by atoms with van der Waals surface area (Å²) in [6.45, 7) is 0. The van der Waals surface area contributed by atoms with Crippen molar-refractivity contribution in [3.05, 3.63) is 27.8 Å². The number of amides is 2. The molecule has 5 heteroatoms. The number of hydrogen-bond acceptors (Lipinski definition) is 3. The monoisotopic (exact) mass is 343 g/mol. The number of nitrogens with zero attached hydrogens (tertiary/aromatic N) is 1. The highest BCUT2D eigenvalue weighted by Gasteiger charge is 2.47. The van der Waals surface area contributed by atoms with Crippen LogP contribution >= 0.6 is 22.6 Å². The number of imide groups is 1. The van der Waals surface area contributed by atoms with Gasteiger partial charge < -0.3 is 4.74 Å². The van der Waals surface area contributed by atoms with E-state index in [2.05, 4.69) is 22.6 Å². The molecule has 4 nitrogen and oxygen atoms in total. The van der Waals surface area contributed by atoms with Gasteiger partial charge in [0.25, 0.3) is 11.8 Å². The van der Waals surface area contributed by atoms with Crippen molar-refractivity contribution >= 4 is 40.1 Å². The Hall–Kier alpha value is -0.950. The first-order valence-corrected chi connectivity index (χ1v) is 6.53. The van der Waals surface area contributed by atoms with Gasteiger partial charge in [0.05, 0.1) is 5.69 Å². The Balaban J connectivity index is 2.02. The Morgan fingerprint density at radius 2 is 1.82 bits per heavy atom. The van der Waals surface area contributed by atoms with Gasteiger partial charge in [-0.25, -0.2) is 4.90 Å². The lowest BCUT2D eigenvalue weighted by atomic mass is 10.2. The van der Waals surface area contributed by atoms with Crippen LogP contribution in [0.4, 0.5) is 5.69 Å². The van der Waals surface area contributed by atoms with Crippen LogP contribution in [0.15, 0.2) is 24.3 Å². The molecule has 2 saturated heterocycles. The molecule has 0 aliphatic carbocycles. The molecule has 2 fully saturated rings. The maximum atomic E-state index is 12.1. The molecule has 0 radical (unpaired) electrons. The van der Waals surface area contributed by atoms with Crippen molar-refractivity contribution in [2.75, 3.05) is 4.90 Å². The first-order valence-electron chi connectivity index (χ1n) is 5.45. The van der Waals surface area contributed by atoms with Crippen LogP contribution in [0.5, 0.6) is 0 Å². The molecule has 88 valence electrons. The van der Waals surface area contributed by atoms with Gasteiger partial charge in [0.2, 0.25) is 0 Å². The van der Waals surface area contributed by atoms with E-state index >= 15 is 0 Å². The highest BCUT2D eigenvalue weighted by atomic mass is 127. The van der Waals surface area contributed by atoms with E-state index < -0.39 is 12.2 Å². The number of hydrogen-bond donors (Lipinski definition) is 0. The third kappa shape index (κ3) is 1.77. The third-order valence-electron chi connectivity index (χ3n) is 3.08. The van der Waals surface area contributed by atoms with Crippen LogP contribution in [0.1, 0.15) is 12.8 Å². The van der Waals surface area contributed by atoms with E-state index in [0.29, 0.717) is 18.5 Å². The van der Waals surface area contributed by atoms with Crippen LogP contribution in [0, 0.1) is 3.57 Å². The van der Waals surface area contributed by atoms with E-state index in [1.165, 1.54) is 4.90 Å². The smallest absolute Gasteiger partial charge is 0.262 e. The summed E-state index contributed by atoms with van der Waals surface area (Å²) in [4.78, 5) is 25.4. The van der Waals surface area contributed by atoms with Gasteiger partial charge in [0.15, 0.2) is 0 Å². The number of halogens is 1. The van der Waals surface area contributed by atoms with Crippen LogP contribution in [0.2, 0.25) is 0 Å². The Labute approximate surface area is 112 Å². The molecule has 0 N–H and O–H groups in total. The van der Waals surface area contributed by atoms with Crippen LogP contribution < -0.4 is 4.90 Å². The average molecular weight is 343 g/mol. The summed E-state index contributed by atoms with van der Waals surface area (Å²) < 4.78 is 6.36. The highest BCUT2D eigenvalue weighted by Crippen LogP contribution is 2.32. The number of carbonyl (C=O) groups is 2. The first-order chi connectivity index (χ1) is 8.16. The lowest BCUT2D eigenvalue weighted by Gasteiger charge is -2.29. The van der Waals surface area contributed by atoms with Crippen molar-refractivity contribution in [1.82, 2.24) is 0 Å². The minimum absolute atomic E-state index is 0.231. The largest absolute Gasteiger partial charge is 0.355 e. The van der Waals surface area contributed by atoms with Gasteiger partial charge in [-0.15, -0.1) is 0 Å². The SMILES string of the molecule is O=C1C2CCC(O2)C(=O)N1c1cccc(I)c1. The van der Waals surface area contributed by atoms with E-state index in [-0.39, 0.29) is 11.8 Å². The molecule has 2 aliphatic rings. The third-order valence-corrected chi connectivity index (χ3v) is 3.75. The van der Waals surface area contributed by atoms with Gasteiger partial charge in [-0.05, 0) is 53.6 Å². The van der Waals surface area contributed by atoms with Crippen LogP contribution in [-0.2, 0) is 14.3 Å². The van der Waals surface area contributed by atoms with E-state index in [4.69, 9.17) is 4.74 Å². The number of anilines is 1. The van der Waals surface area contributed by atoms with Gasteiger partial charge in [-0.1, -0.05) is 6.07 Å². The maximum absolute atomic E-state index is 12.1. The van der Waals surface area contributed by atoms with Crippen LogP contribution in [0.3, 0.4) is 0 Å². The van der Waals surface area contributed by atoms with Crippen LogP contribution in [0.25, 0.3) is 0 Å². The van der Waals surface area contributed by atoms with Crippen molar-refractivity contribution in [3.63, 3.8) is 0 Å². The molecule has 0 saturated carbocycles. The Kier molecular flexibility index (Phi) is 2.67. The summed E-state index contributed by atoms with van der Waals surface area (Å²) in [6.07, 6.45) is 0.428. The molecule has 2 bridgehead atoms. The molecule has 3 rings (SSSR count). The Morgan fingerprint density at radius 1 is 1.18 bits per heavy atom. The van der Waals surface area contributed by atoms with Crippen molar-refractivity contribution < 1.29 is 14.3 Å². The second-order valence-corrected chi connectivity index (χ2v) is 5.43. The number of morpholine rings is 1. The fourth-order valence-corrected chi connectivity index (χ4v) is 2.79. The average Bonchev–Trinajstić information content (AvgIpc) is 2.74. The fourth-order valence-electron chi connectivity index (χ4n) is 2.27. The second kappa shape index (κ2) is 4.06. The predicted molar refractivity (Wildman–Crippen MR) is 69.5 cm³/mol. The number of carbonyl (C=O) groups excluding carboxylic acids is 2. The fraction of sp³-hybridized carbons (Fsp3) is 0.333. The van der Waals surface area contributed by atoms with E-state index in [9.17, 15) is 9.59 Å². The topological polar surface area (TPSA) is 46.6 Å². The molecule has 2 unspecified atom stereocenters. The molecule has 2 heterocycles. The quantitative estimate of drug-likeness (QED) is 0.576. The highest BCUT2D eigenvalue weighted by molar-refractivity contribution is 14.1. The normalized spacial score (nSPS) is 27.7. The second-order valence-electron chi connectivity index (χ2n) is 4.18. The zero-order valence-corrected chi connectivity index (χ0v) is 11.1. The number of ether oxygens (including phenoxy) is 1. The van der Waals surface area contributed by atoms with Gasteiger partial charge in [-0.3, -0.25) is 9.59 Å². The van der Waals surface area contributed by atoms with E-state index in [1.807, 2.05) is 18.2 Å². The minimum Gasteiger partial charge on any atom is -0.355 e. The summed E-state index contributed by atoms with van der Waals surface area (Å²) in [6, 6.07) is 7.38. The van der Waals surface area contributed by atoms with E-state index in [1.54, 1.807) is 6.07 Å². The van der Waals surface area contributed by atoms with Gasteiger partial charge in [0, 0.05) is 3.57 Å². The predicted octanol–water partition coefficient (Wildman–Crippen LogP) is 1.71. The first kappa shape index (κ1) is 11.2. The summed E-state index contributed by atoms with van der Waals surface area (Å²) >= 11 is 2.16. The summed E-state index contributed by atoms with van der Waals surface area (Å²) in [5, 5.41) is 0. The van der Waals surface area contributed by atoms with Crippen molar-refractivity contribution in [1.29, 1.82) is 0 Å². The van der Waals surface area contributed by atoms with Gasteiger partial charge in [-0.2, -0.15) is 0 Å². The van der Waals surface area contributed by atoms with Crippen molar-refractivity contribution in [2.24, 2.45) is 0 Å². The molecule has 17 heavy (non-hydrogen) atoms. The molecule has 1 aromatic rings. The molecule has 2 atom stereocenters. The number of benzene rings is 1. The van der Waals surface area contributed by atoms with Gasteiger partial charge in [0.1, 0.15) is 12.2 Å². The standard InChI is InChI=1S/C12H10INO3/c13-7-2-1-3-8(6-7)14-11(15)9-4-5-10(17-9)12(14)16/h1-3,6,9-10H,4-5H2. The number of fused-ring (bicyclic) bond motifs is 2. The molecule has 1 aromatic carbocycles. The summed E-state index contributed by atoms with van der Waals surface area (Å²) in [5.41, 5.74) is 0.645. The number of rotatable bonds is 1. The Morgan fingerprint density at radius 3 is 2.41 bits per heavy atom. The molecule has 2 amide bonds. The van der Waals surface area contributed by atoms with E-state index in [0.717, 1.165) is 3.57 Å². The molecular weight excluding hydrogens is 333 g/mol. The minimum atomic E-state index is -0.435. The molecule has 2 aliphatic heterocycles. The zero-order chi connectivity index (χ0) is 12.0. The summed E-state index contributed by atoms with van der Waals surface area (Å²) in [7, 11) is 0. The zero-order valence-electron chi connectivity index (χ0n) is 8.93. The maximum Gasteiger partial charge on any atom is 0.262 e.